The van der Waals surface area contributed by atoms with Gasteiger partial charge in [-0.2, -0.15) is 0 Å². The molecular weight excluding hydrogens is 318 g/mol. The van der Waals surface area contributed by atoms with Gasteiger partial charge in [-0.3, -0.25) is 9.78 Å². The number of aromatic nitrogens is 1. The van der Waals surface area contributed by atoms with Crippen molar-refractivity contribution in [3.8, 4) is 5.75 Å². The second-order valence-corrected chi connectivity index (χ2v) is 5.78. The molecule has 0 bridgehead atoms. The lowest BCUT2D eigenvalue weighted by Crippen LogP contribution is -2.17. The molecule has 1 aromatic carbocycles. The van der Waals surface area contributed by atoms with E-state index in [4.69, 9.17) is 4.74 Å². The standard InChI is InChI=1S/C16H14BrNO2/c17-12-5-6-14(18-10-12)15(19)9-11-7-8-20-16-4-2-1-3-13(11)16/h1-6,10-11H,7-9H2. The first-order chi connectivity index (χ1) is 9.74. The summed E-state index contributed by atoms with van der Waals surface area (Å²) in [5.41, 5.74) is 1.65. The average molecular weight is 332 g/mol. The normalized spacial score (nSPS) is 17.1. The number of hydrogen-bond donors (Lipinski definition) is 0. The van der Waals surface area contributed by atoms with Crippen LogP contribution in [0.3, 0.4) is 0 Å². The second kappa shape index (κ2) is 5.75. The molecule has 0 saturated carbocycles. The molecule has 20 heavy (non-hydrogen) atoms. The van der Waals surface area contributed by atoms with Gasteiger partial charge < -0.3 is 4.74 Å². The topological polar surface area (TPSA) is 39.2 Å². The third-order valence-electron chi connectivity index (χ3n) is 3.53. The second-order valence-electron chi connectivity index (χ2n) is 4.86. The smallest absolute Gasteiger partial charge is 0.181 e. The fourth-order valence-electron chi connectivity index (χ4n) is 2.50. The summed E-state index contributed by atoms with van der Waals surface area (Å²) < 4.78 is 6.50. The summed E-state index contributed by atoms with van der Waals surface area (Å²) >= 11 is 3.32. The first-order valence-corrected chi connectivity index (χ1v) is 7.40. The maximum absolute atomic E-state index is 12.3. The summed E-state index contributed by atoms with van der Waals surface area (Å²) in [7, 11) is 0. The van der Waals surface area contributed by atoms with Gasteiger partial charge in [0, 0.05) is 17.1 Å². The Balaban J connectivity index is 1.79. The number of ketones is 1. The molecule has 1 aliphatic heterocycles. The number of benzene rings is 1. The number of carbonyl (C=O) groups excluding carboxylic acids is 1. The molecule has 1 atom stereocenters. The van der Waals surface area contributed by atoms with Crippen LogP contribution >= 0.6 is 15.9 Å². The molecule has 1 unspecified atom stereocenters. The first-order valence-electron chi connectivity index (χ1n) is 6.60. The quantitative estimate of drug-likeness (QED) is 0.798. The van der Waals surface area contributed by atoms with E-state index < -0.39 is 0 Å². The van der Waals surface area contributed by atoms with Crippen LogP contribution in [0, 0.1) is 0 Å². The van der Waals surface area contributed by atoms with Crippen LogP contribution in [0.4, 0.5) is 0 Å². The summed E-state index contributed by atoms with van der Waals surface area (Å²) in [4.78, 5) is 16.5. The van der Waals surface area contributed by atoms with E-state index >= 15 is 0 Å². The number of halogens is 1. The van der Waals surface area contributed by atoms with Gasteiger partial charge in [0.15, 0.2) is 5.78 Å². The molecule has 2 aromatic rings. The van der Waals surface area contributed by atoms with Crippen molar-refractivity contribution in [2.45, 2.75) is 18.8 Å². The van der Waals surface area contributed by atoms with Crippen LogP contribution in [0.2, 0.25) is 0 Å². The number of hydrogen-bond acceptors (Lipinski definition) is 3. The van der Waals surface area contributed by atoms with E-state index in [0.717, 1.165) is 22.2 Å². The minimum atomic E-state index is 0.0826. The zero-order valence-corrected chi connectivity index (χ0v) is 12.5. The van der Waals surface area contributed by atoms with E-state index in [9.17, 15) is 4.79 Å². The van der Waals surface area contributed by atoms with Gasteiger partial charge in [0.1, 0.15) is 11.4 Å². The highest BCUT2D eigenvalue weighted by Crippen LogP contribution is 2.35. The molecule has 3 nitrogen and oxygen atoms in total. The molecule has 0 aliphatic carbocycles. The third kappa shape index (κ3) is 2.75. The van der Waals surface area contributed by atoms with Crippen molar-refractivity contribution in [1.29, 1.82) is 0 Å². The minimum absolute atomic E-state index is 0.0826. The van der Waals surface area contributed by atoms with E-state index in [0.29, 0.717) is 18.7 Å². The number of ether oxygens (including phenoxy) is 1. The fourth-order valence-corrected chi connectivity index (χ4v) is 2.73. The Bertz CT molecular complexity index is 625. The Kier molecular flexibility index (Phi) is 3.83. The van der Waals surface area contributed by atoms with Crippen molar-refractivity contribution < 1.29 is 9.53 Å². The van der Waals surface area contributed by atoms with Crippen molar-refractivity contribution in [3.63, 3.8) is 0 Å². The SMILES string of the molecule is O=C(CC1CCOc2ccccc21)c1ccc(Br)cn1. The van der Waals surface area contributed by atoms with E-state index in [-0.39, 0.29) is 11.7 Å². The Labute approximate surface area is 126 Å². The maximum atomic E-state index is 12.3. The zero-order chi connectivity index (χ0) is 13.9. The predicted octanol–water partition coefficient (Wildman–Crippen LogP) is 3.98. The van der Waals surface area contributed by atoms with Gasteiger partial charge in [0.25, 0.3) is 0 Å². The number of fused-ring (bicyclic) bond motifs is 1. The van der Waals surface area contributed by atoms with Crippen molar-refractivity contribution >= 4 is 21.7 Å². The highest BCUT2D eigenvalue weighted by Gasteiger charge is 2.24. The monoisotopic (exact) mass is 331 g/mol. The number of rotatable bonds is 3. The van der Waals surface area contributed by atoms with E-state index in [1.807, 2.05) is 30.3 Å². The lowest BCUT2D eigenvalue weighted by atomic mass is 9.88. The molecule has 0 spiro atoms. The Morgan fingerprint density at radius 1 is 1.30 bits per heavy atom. The molecule has 0 fully saturated rings. The predicted molar refractivity (Wildman–Crippen MR) is 80.2 cm³/mol. The molecular formula is C16H14BrNO2. The maximum Gasteiger partial charge on any atom is 0.181 e. The van der Waals surface area contributed by atoms with Gasteiger partial charge in [-0.15, -0.1) is 0 Å². The van der Waals surface area contributed by atoms with Gasteiger partial charge in [0.05, 0.1) is 6.61 Å². The van der Waals surface area contributed by atoms with Crippen LogP contribution in [0.25, 0.3) is 0 Å². The zero-order valence-electron chi connectivity index (χ0n) is 10.9. The highest BCUT2D eigenvalue weighted by atomic mass is 79.9. The van der Waals surface area contributed by atoms with Crippen LogP contribution in [-0.4, -0.2) is 17.4 Å². The molecule has 0 N–H and O–H groups in total. The Hall–Kier alpha value is -1.68. The van der Waals surface area contributed by atoms with Gasteiger partial charge in [-0.05, 0) is 52.0 Å². The summed E-state index contributed by atoms with van der Waals surface area (Å²) in [5.74, 6) is 1.21. The first kappa shape index (κ1) is 13.3. The molecule has 0 amide bonds. The van der Waals surface area contributed by atoms with Crippen LogP contribution in [0.1, 0.15) is 34.8 Å². The van der Waals surface area contributed by atoms with Crippen molar-refractivity contribution in [3.05, 3.63) is 58.3 Å². The Morgan fingerprint density at radius 3 is 2.95 bits per heavy atom. The molecule has 3 rings (SSSR count). The lowest BCUT2D eigenvalue weighted by molar-refractivity contribution is 0.0961. The summed E-state index contributed by atoms with van der Waals surface area (Å²) in [5, 5.41) is 0. The number of nitrogens with zero attached hydrogens (tertiary/aromatic N) is 1. The molecule has 102 valence electrons. The lowest BCUT2D eigenvalue weighted by Gasteiger charge is -2.25. The van der Waals surface area contributed by atoms with Crippen LogP contribution in [-0.2, 0) is 0 Å². The Morgan fingerprint density at radius 2 is 2.15 bits per heavy atom. The van der Waals surface area contributed by atoms with Crippen LogP contribution < -0.4 is 4.74 Å². The van der Waals surface area contributed by atoms with Crippen molar-refractivity contribution in [2.24, 2.45) is 0 Å². The van der Waals surface area contributed by atoms with E-state index in [1.54, 1.807) is 12.3 Å². The van der Waals surface area contributed by atoms with Gasteiger partial charge in [-0.25, -0.2) is 0 Å². The largest absolute Gasteiger partial charge is 0.493 e. The molecule has 0 saturated heterocycles. The molecule has 1 aromatic heterocycles. The third-order valence-corrected chi connectivity index (χ3v) is 4.00. The van der Waals surface area contributed by atoms with Crippen LogP contribution in [0.15, 0.2) is 47.1 Å². The minimum Gasteiger partial charge on any atom is -0.493 e. The number of para-hydroxylation sites is 1. The van der Waals surface area contributed by atoms with Gasteiger partial charge in [-0.1, -0.05) is 18.2 Å². The summed E-state index contributed by atoms with van der Waals surface area (Å²) in [6.45, 7) is 0.669. The van der Waals surface area contributed by atoms with Crippen molar-refractivity contribution in [2.75, 3.05) is 6.61 Å². The summed E-state index contributed by atoms with van der Waals surface area (Å²) in [6.07, 6.45) is 3.01. The van der Waals surface area contributed by atoms with Gasteiger partial charge >= 0.3 is 0 Å². The van der Waals surface area contributed by atoms with Crippen molar-refractivity contribution in [1.82, 2.24) is 4.98 Å². The molecule has 0 radical (unpaired) electrons. The van der Waals surface area contributed by atoms with E-state index in [2.05, 4.69) is 20.9 Å². The van der Waals surface area contributed by atoms with Crippen LogP contribution in [0.5, 0.6) is 5.75 Å². The number of Topliss-reactive ketones (excluding diaryl/α,β-unsaturated/α-hetero) is 1. The highest BCUT2D eigenvalue weighted by molar-refractivity contribution is 9.10. The number of carbonyl (C=O) groups is 1. The van der Waals surface area contributed by atoms with E-state index in [1.165, 1.54) is 0 Å². The van der Waals surface area contributed by atoms with Gasteiger partial charge in [0.2, 0.25) is 0 Å². The fraction of sp³-hybridized carbons (Fsp3) is 0.250. The molecule has 4 heteroatoms. The molecule has 2 heterocycles. The summed E-state index contributed by atoms with van der Waals surface area (Å²) in [6, 6.07) is 11.6. The number of pyridine rings is 1. The average Bonchev–Trinajstić information content (AvgIpc) is 2.48. The molecule has 1 aliphatic rings.